The van der Waals surface area contributed by atoms with Gasteiger partial charge in [0.05, 0.1) is 12.1 Å². The summed E-state index contributed by atoms with van der Waals surface area (Å²) < 4.78 is 10.7. The average molecular weight is 360 g/mol. The maximum absolute atomic E-state index is 12.4. The predicted molar refractivity (Wildman–Crippen MR) is 93.2 cm³/mol. The molecular formula is C19H24N2O5. The van der Waals surface area contributed by atoms with E-state index in [1.165, 1.54) is 4.90 Å². The number of fused-ring (bicyclic) bond motifs is 1. The Morgan fingerprint density at radius 2 is 1.81 bits per heavy atom. The van der Waals surface area contributed by atoms with E-state index in [0.717, 1.165) is 5.56 Å². The summed E-state index contributed by atoms with van der Waals surface area (Å²) in [6.45, 7) is 5.90. The van der Waals surface area contributed by atoms with Crippen LogP contribution in [0.25, 0.3) is 0 Å². The van der Waals surface area contributed by atoms with E-state index in [2.05, 4.69) is 0 Å². The first-order valence-corrected chi connectivity index (χ1v) is 8.78. The van der Waals surface area contributed by atoms with Gasteiger partial charge in [-0.05, 0) is 32.8 Å². The summed E-state index contributed by atoms with van der Waals surface area (Å²) in [6, 6.07) is 8.71. The molecule has 0 aromatic heterocycles. The monoisotopic (exact) mass is 360 g/mol. The molecule has 0 spiro atoms. The van der Waals surface area contributed by atoms with Crippen molar-refractivity contribution in [2.24, 2.45) is 0 Å². The van der Waals surface area contributed by atoms with E-state index in [1.54, 1.807) is 25.7 Å². The number of imide groups is 1. The van der Waals surface area contributed by atoms with Gasteiger partial charge in [-0.15, -0.1) is 0 Å². The Bertz CT molecular complexity index is 698. The highest BCUT2D eigenvalue weighted by Gasteiger charge is 2.52. The second-order valence-electron chi connectivity index (χ2n) is 7.61. The quantitative estimate of drug-likeness (QED) is 0.810. The van der Waals surface area contributed by atoms with Crippen LogP contribution in [0, 0.1) is 0 Å². The topological polar surface area (TPSA) is 76.2 Å². The van der Waals surface area contributed by atoms with Gasteiger partial charge < -0.3 is 14.4 Å². The molecule has 140 valence electrons. The molecule has 0 bridgehead atoms. The molecule has 3 rings (SSSR count). The third kappa shape index (κ3) is 3.81. The number of amides is 3. The lowest BCUT2D eigenvalue weighted by molar-refractivity contribution is -0.128. The zero-order chi connectivity index (χ0) is 18.9. The Balaban J connectivity index is 1.62. The van der Waals surface area contributed by atoms with Crippen molar-refractivity contribution in [3.05, 3.63) is 35.9 Å². The minimum Gasteiger partial charge on any atom is -0.445 e. The van der Waals surface area contributed by atoms with Crippen molar-refractivity contribution in [1.29, 1.82) is 0 Å². The molecule has 2 unspecified atom stereocenters. The molecular weight excluding hydrogens is 336 g/mol. The van der Waals surface area contributed by atoms with E-state index < -0.39 is 17.8 Å². The van der Waals surface area contributed by atoms with Crippen molar-refractivity contribution in [3.8, 4) is 0 Å². The summed E-state index contributed by atoms with van der Waals surface area (Å²) in [7, 11) is 0. The molecule has 1 aromatic carbocycles. The third-order valence-electron chi connectivity index (χ3n) is 4.52. The zero-order valence-electron chi connectivity index (χ0n) is 15.3. The highest BCUT2D eigenvalue weighted by atomic mass is 16.6. The SMILES string of the molecule is CC(C)(C)OC(=O)N1C(=O)CC2C1CCN2C(=O)OCc1ccccc1. The average Bonchev–Trinajstić information content (AvgIpc) is 3.09. The lowest BCUT2D eigenvalue weighted by Gasteiger charge is -2.27. The van der Waals surface area contributed by atoms with Crippen molar-refractivity contribution in [1.82, 2.24) is 9.80 Å². The van der Waals surface area contributed by atoms with Gasteiger partial charge in [-0.2, -0.15) is 0 Å². The van der Waals surface area contributed by atoms with Gasteiger partial charge in [-0.25, -0.2) is 14.5 Å². The van der Waals surface area contributed by atoms with E-state index in [1.807, 2.05) is 30.3 Å². The fraction of sp³-hybridized carbons (Fsp3) is 0.526. The van der Waals surface area contributed by atoms with Crippen LogP contribution in [0.5, 0.6) is 0 Å². The Morgan fingerprint density at radius 3 is 2.46 bits per heavy atom. The number of likely N-dealkylation sites (tertiary alicyclic amines) is 2. The fourth-order valence-electron chi connectivity index (χ4n) is 3.42. The zero-order valence-corrected chi connectivity index (χ0v) is 15.3. The molecule has 7 heteroatoms. The second kappa shape index (κ2) is 6.97. The van der Waals surface area contributed by atoms with Crippen LogP contribution in [0.3, 0.4) is 0 Å². The van der Waals surface area contributed by atoms with Gasteiger partial charge in [0, 0.05) is 13.0 Å². The van der Waals surface area contributed by atoms with Crippen molar-refractivity contribution in [2.45, 2.75) is 57.9 Å². The first-order chi connectivity index (χ1) is 12.3. The molecule has 0 radical (unpaired) electrons. The molecule has 2 heterocycles. The summed E-state index contributed by atoms with van der Waals surface area (Å²) in [5.41, 5.74) is 0.219. The largest absolute Gasteiger partial charge is 0.445 e. The van der Waals surface area contributed by atoms with Crippen LogP contribution in [0.15, 0.2) is 30.3 Å². The summed E-state index contributed by atoms with van der Waals surface area (Å²) >= 11 is 0. The van der Waals surface area contributed by atoms with Crippen molar-refractivity contribution in [2.75, 3.05) is 6.54 Å². The van der Waals surface area contributed by atoms with Crippen molar-refractivity contribution < 1.29 is 23.9 Å². The molecule has 2 aliphatic rings. The summed E-state index contributed by atoms with van der Waals surface area (Å²) in [4.78, 5) is 39.8. The minimum atomic E-state index is -0.678. The first kappa shape index (κ1) is 18.2. The third-order valence-corrected chi connectivity index (χ3v) is 4.52. The molecule has 26 heavy (non-hydrogen) atoms. The second-order valence-corrected chi connectivity index (χ2v) is 7.61. The van der Waals surface area contributed by atoms with Gasteiger partial charge in [0.1, 0.15) is 12.2 Å². The van der Waals surface area contributed by atoms with Crippen LogP contribution in [0.1, 0.15) is 39.2 Å². The van der Waals surface area contributed by atoms with Gasteiger partial charge >= 0.3 is 12.2 Å². The molecule has 0 N–H and O–H groups in total. The minimum absolute atomic E-state index is 0.115. The summed E-state index contributed by atoms with van der Waals surface area (Å²) in [5, 5.41) is 0. The van der Waals surface area contributed by atoms with Crippen LogP contribution < -0.4 is 0 Å². The lowest BCUT2D eigenvalue weighted by atomic mass is 10.1. The van der Waals surface area contributed by atoms with Crippen molar-refractivity contribution in [3.63, 3.8) is 0 Å². The predicted octanol–water partition coefficient (Wildman–Crippen LogP) is 2.93. The number of hydrogen-bond acceptors (Lipinski definition) is 5. The molecule has 2 atom stereocenters. The van der Waals surface area contributed by atoms with Gasteiger partial charge in [-0.3, -0.25) is 4.79 Å². The number of benzene rings is 1. The van der Waals surface area contributed by atoms with Crippen LogP contribution in [0.2, 0.25) is 0 Å². The molecule has 0 saturated carbocycles. The number of ether oxygens (including phenoxy) is 2. The number of rotatable bonds is 2. The highest BCUT2D eigenvalue weighted by molar-refractivity contribution is 5.95. The maximum atomic E-state index is 12.4. The number of carbonyl (C=O) groups excluding carboxylic acids is 3. The van der Waals surface area contributed by atoms with E-state index in [0.29, 0.717) is 13.0 Å². The van der Waals surface area contributed by atoms with E-state index in [9.17, 15) is 14.4 Å². The smallest absolute Gasteiger partial charge is 0.417 e. The fourth-order valence-corrected chi connectivity index (χ4v) is 3.42. The molecule has 3 amide bonds. The number of carbonyl (C=O) groups is 3. The first-order valence-electron chi connectivity index (χ1n) is 8.78. The maximum Gasteiger partial charge on any atom is 0.417 e. The highest BCUT2D eigenvalue weighted by Crippen LogP contribution is 2.34. The molecule has 2 aliphatic heterocycles. The normalized spacial score (nSPS) is 22.3. The molecule has 2 saturated heterocycles. The van der Waals surface area contributed by atoms with Crippen LogP contribution in [0.4, 0.5) is 9.59 Å². The number of hydrogen-bond donors (Lipinski definition) is 0. The molecule has 7 nitrogen and oxygen atoms in total. The van der Waals surface area contributed by atoms with Gasteiger partial charge in [0.2, 0.25) is 5.91 Å². The van der Waals surface area contributed by atoms with Crippen LogP contribution in [-0.2, 0) is 20.9 Å². The summed E-state index contributed by atoms with van der Waals surface area (Å²) in [5.74, 6) is -0.310. The summed E-state index contributed by atoms with van der Waals surface area (Å²) in [6.07, 6.45) is -0.449. The molecule has 2 fully saturated rings. The standard InChI is InChI=1S/C19H24N2O5/c1-19(2,3)26-18(24)21-14-9-10-20(15(14)11-16(21)22)17(23)25-12-13-7-5-4-6-8-13/h4-8,14-15H,9-12H2,1-3H3. The Hall–Kier alpha value is -2.57. The Labute approximate surface area is 152 Å². The Kier molecular flexibility index (Phi) is 4.89. The van der Waals surface area contributed by atoms with E-state index in [-0.39, 0.29) is 31.0 Å². The van der Waals surface area contributed by atoms with Gasteiger partial charge in [0.15, 0.2) is 0 Å². The van der Waals surface area contributed by atoms with Gasteiger partial charge in [-0.1, -0.05) is 30.3 Å². The van der Waals surface area contributed by atoms with E-state index >= 15 is 0 Å². The van der Waals surface area contributed by atoms with Gasteiger partial charge in [0.25, 0.3) is 0 Å². The lowest BCUT2D eigenvalue weighted by Crippen LogP contribution is -2.44. The molecule has 1 aromatic rings. The van der Waals surface area contributed by atoms with Crippen molar-refractivity contribution >= 4 is 18.1 Å². The van der Waals surface area contributed by atoms with Crippen LogP contribution >= 0.6 is 0 Å². The molecule has 0 aliphatic carbocycles. The number of nitrogens with zero attached hydrogens (tertiary/aromatic N) is 2. The van der Waals surface area contributed by atoms with E-state index in [4.69, 9.17) is 9.47 Å². The Morgan fingerprint density at radius 1 is 1.12 bits per heavy atom. The van der Waals surface area contributed by atoms with Crippen LogP contribution in [-0.4, -0.2) is 52.1 Å².